The van der Waals surface area contributed by atoms with E-state index in [1.165, 1.54) is 11.3 Å². The van der Waals surface area contributed by atoms with Crippen LogP contribution in [0, 0.1) is 13.8 Å². The monoisotopic (exact) mass is 409 g/mol. The van der Waals surface area contributed by atoms with Crippen molar-refractivity contribution >= 4 is 43.0 Å². The van der Waals surface area contributed by atoms with Crippen LogP contribution >= 0.6 is 22.9 Å². The fourth-order valence-electron chi connectivity index (χ4n) is 3.70. The van der Waals surface area contributed by atoms with Gasteiger partial charge in [-0.3, -0.25) is 5.10 Å². The lowest BCUT2D eigenvalue weighted by molar-refractivity contribution is 0.312. The van der Waals surface area contributed by atoms with E-state index in [4.69, 9.17) is 11.6 Å². The van der Waals surface area contributed by atoms with E-state index in [2.05, 4.69) is 10.2 Å². The molecular formula is C18H20ClN3O2S2. The SMILES string of the molecule is Cc1cn[nH]c1C1CCCN(S(=O)(=O)c2sc3ccc(Cl)cc3c2C)C1. The summed E-state index contributed by atoms with van der Waals surface area (Å²) in [6.07, 6.45) is 3.61. The van der Waals surface area contributed by atoms with Crippen LogP contribution in [0.5, 0.6) is 0 Å². The zero-order valence-electron chi connectivity index (χ0n) is 14.6. The molecule has 1 N–H and O–H groups in total. The van der Waals surface area contributed by atoms with Crippen molar-refractivity contribution in [2.45, 2.75) is 36.8 Å². The number of H-pyrrole nitrogens is 1. The molecule has 2 aromatic heterocycles. The Labute approximate surface area is 162 Å². The standard InChI is InChI=1S/C18H20ClN3O2S2/c1-11-9-20-21-17(11)13-4-3-7-22(10-13)26(23,24)18-12(2)15-8-14(19)5-6-16(15)25-18/h5-6,8-9,13H,3-4,7,10H2,1-2H3,(H,20,21). The molecule has 3 aromatic rings. The minimum absolute atomic E-state index is 0.158. The van der Waals surface area contributed by atoms with Crippen LogP contribution in [0.1, 0.15) is 35.6 Å². The largest absolute Gasteiger partial charge is 0.282 e. The van der Waals surface area contributed by atoms with Gasteiger partial charge in [0.2, 0.25) is 0 Å². The number of hydrogen-bond acceptors (Lipinski definition) is 4. The normalized spacial score (nSPS) is 19.3. The van der Waals surface area contributed by atoms with Crippen LogP contribution in [0.25, 0.3) is 10.1 Å². The number of nitrogens with zero attached hydrogens (tertiary/aromatic N) is 2. The van der Waals surface area contributed by atoms with E-state index < -0.39 is 10.0 Å². The van der Waals surface area contributed by atoms with Crippen molar-refractivity contribution < 1.29 is 8.42 Å². The molecule has 1 atom stereocenters. The quantitative estimate of drug-likeness (QED) is 0.694. The average Bonchev–Trinajstić information content (AvgIpc) is 3.19. The molecule has 1 aliphatic rings. The third-order valence-electron chi connectivity index (χ3n) is 5.09. The lowest BCUT2D eigenvalue weighted by atomic mass is 9.94. The molecule has 1 unspecified atom stereocenters. The molecule has 0 spiro atoms. The van der Waals surface area contributed by atoms with Crippen molar-refractivity contribution in [2.75, 3.05) is 13.1 Å². The molecule has 1 fully saturated rings. The summed E-state index contributed by atoms with van der Waals surface area (Å²) in [7, 11) is -3.53. The summed E-state index contributed by atoms with van der Waals surface area (Å²) in [6, 6.07) is 5.53. The highest BCUT2D eigenvalue weighted by atomic mass is 35.5. The molecule has 138 valence electrons. The van der Waals surface area contributed by atoms with Crippen molar-refractivity contribution in [1.29, 1.82) is 0 Å². The molecule has 4 rings (SSSR count). The minimum atomic E-state index is -3.53. The van der Waals surface area contributed by atoms with Gasteiger partial charge in [0.15, 0.2) is 0 Å². The average molecular weight is 410 g/mol. The number of benzene rings is 1. The van der Waals surface area contributed by atoms with Crippen molar-refractivity contribution in [3.8, 4) is 0 Å². The van der Waals surface area contributed by atoms with Gasteiger partial charge in [0.25, 0.3) is 10.0 Å². The van der Waals surface area contributed by atoms with Gasteiger partial charge in [0.1, 0.15) is 4.21 Å². The molecule has 1 aliphatic heterocycles. The van der Waals surface area contributed by atoms with Crippen LogP contribution in [-0.2, 0) is 10.0 Å². The second kappa shape index (κ2) is 6.64. The van der Waals surface area contributed by atoms with E-state index in [9.17, 15) is 8.42 Å². The fraction of sp³-hybridized carbons (Fsp3) is 0.389. The van der Waals surface area contributed by atoms with Crippen LogP contribution in [0.4, 0.5) is 0 Å². The van der Waals surface area contributed by atoms with Gasteiger partial charge in [-0.1, -0.05) is 11.6 Å². The summed E-state index contributed by atoms with van der Waals surface area (Å²) < 4.78 is 29.7. The highest BCUT2D eigenvalue weighted by molar-refractivity contribution is 7.91. The number of thiophene rings is 1. The van der Waals surface area contributed by atoms with E-state index in [1.54, 1.807) is 16.6 Å². The molecule has 1 saturated heterocycles. The third kappa shape index (κ3) is 2.97. The van der Waals surface area contributed by atoms with Crippen LogP contribution in [0.15, 0.2) is 28.6 Å². The maximum atomic E-state index is 13.3. The van der Waals surface area contributed by atoms with Gasteiger partial charge >= 0.3 is 0 Å². The topological polar surface area (TPSA) is 66.1 Å². The molecule has 26 heavy (non-hydrogen) atoms. The zero-order chi connectivity index (χ0) is 18.5. The fourth-order valence-corrected chi connectivity index (χ4v) is 7.28. The van der Waals surface area contributed by atoms with Gasteiger partial charge in [-0.2, -0.15) is 9.40 Å². The van der Waals surface area contributed by atoms with Crippen molar-refractivity contribution in [1.82, 2.24) is 14.5 Å². The molecule has 1 aromatic carbocycles. The zero-order valence-corrected chi connectivity index (χ0v) is 17.0. The Kier molecular flexibility index (Phi) is 4.59. The van der Waals surface area contributed by atoms with E-state index in [0.717, 1.165) is 39.7 Å². The number of fused-ring (bicyclic) bond motifs is 1. The highest BCUT2D eigenvalue weighted by Gasteiger charge is 2.34. The number of sulfonamides is 1. The molecule has 0 bridgehead atoms. The second-order valence-corrected chi connectivity index (χ2v) is 10.4. The first-order chi connectivity index (χ1) is 12.4. The molecule has 3 heterocycles. The molecule has 0 radical (unpaired) electrons. The molecule has 0 amide bonds. The van der Waals surface area contributed by atoms with Gasteiger partial charge in [-0.25, -0.2) is 8.42 Å². The van der Waals surface area contributed by atoms with Crippen LogP contribution in [0.3, 0.4) is 0 Å². The first-order valence-electron chi connectivity index (χ1n) is 8.56. The van der Waals surface area contributed by atoms with E-state index in [0.29, 0.717) is 22.3 Å². The summed E-state index contributed by atoms with van der Waals surface area (Å²) in [5, 5.41) is 8.67. The number of hydrogen-bond donors (Lipinski definition) is 1. The summed E-state index contributed by atoms with van der Waals surface area (Å²) in [4.78, 5) is 0. The van der Waals surface area contributed by atoms with Crippen molar-refractivity contribution in [3.63, 3.8) is 0 Å². The smallest absolute Gasteiger partial charge is 0.252 e. The number of rotatable bonds is 3. The molecular weight excluding hydrogens is 390 g/mol. The van der Waals surface area contributed by atoms with Crippen LogP contribution in [-0.4, -0.2) is 36.0 Å². The maximum absolute atomic E-state index is 13.3. The van der Waals surface area contributed by atoms with Gasteiger partial charge in [-0.15, -0.1) is 11.3 Å². The Morgan fingerprint density at radius 2 is 2.15 bits per heavy atom. The number of nitrogens with one attached hydrogen (secondary N) is 1. The number of aromatic amines is 1. The van der Waals surface area contributed by atoms with Crippen LogP contribution in [0.2, 0.25) is 5.02 Å². The van der Waals surface area contributed by atoms with E-state index in [1.807, 2.05) is 26.0 Å². The Balaban J connectivity index is 1.70. The van der Waals surface area contributed by atoms with Gasteiger partial charge < -0.3 is 0 Å². The first-order valence-corrected chi connectivity index (χ1v) is 11.2. The lowest BCUT2D eigenvalue weighted by Crippen LogP contribution is -2.39. The predicted molar refractivity (Wildman–Crippen MR) is 106 cm³/mol. The summed E-state index contributed by atoms with van der Waals surface area (Å²) in [5.41, 5.74) is 2.92. The van der Waals surface area contributed by atoms with E-state index >= 15 is 0 Å². The molecule has 0 aliphatic carbocycles. The number of aromatic nitrogens is 2. The first kappa shape index (κ1) is 18.0. The Morgan fingerprint density at radius 1 is 1.35 bits per heavy atom. The van der Waals surface area contributed by atoms with Crippen molar-refractivity contribution in [2.24, 2.45) is 0 Å². The van der Waals surface area contributed by atoms with Crippen LogP contribution < -0.4 is 0 Å². The number of aryl methyl sites for hydroxylation is 2. The van der Waals surface area contributed by atoms with Crippen molar-refractivity contribution in [3.05, 3.63) is 46.2 Å². The summed E-state index contributed by atoms with van der Waals surface area (Å²) in [5.74, 6) is 0.158. The molecule has 5 nitrogen and oxygen atoms in total. The minimum Gasteiger partial charge on any atom is -0.282 e. The predicted octanol–water partition coefficient (Wildman–Crippen LogP) is 4.46. The number of piperidine rings is 1. The summed E-state index contributed by atoms with van der Waals surface area (Å²) in [6.45, 7) is 4.91. The highest BCUT2D eigenvalue weighted by Crippen LogP contribution is 2.38. The van der Waals surface area contributed by atoms with E-state index in [-0.39, 0.29) is 5.92 Å². The van der Waals surface area contributed by atoms with Gasteiger partial charge in [0.05, 0.1) is 6.20 Å². The second-order valence-electron chi connectivity index (χ2n) is 6.82. The maximum Gasteiger partial charge on any atom is 0.252 e. The molecule has 0 saturated carbocycles. The van der Waals surface area contributed by atoms with Gasteiger partial charge in [-0.05, 0) is 61.4 Å². The lowest BCUT2D eigenvalue weighted by Gasteiger charge is -2.31. The number of halogens is 1. The Bertz CT molecular complexity index is 1070. The van der Waals surface area contributed by atoms with Gasteiger partial charge in [0, 0.05) is 34.4 Å². The third-order valence-corrected chi connectivity index (χ3v) is 9.06. The summed E-state index contributed by atoms with van der Waals surface area (Å²) >= 11 is 7.42. The molecule has 8 heteroatoms. The Hall–Kier alpha value is -1.41. The Morgan fingerprint density at radius 3 is 2.88 bits per heavy atom.